The number of sulfonamides is 1. The molecule has 0 spiro atoms. The summed E-state index contributed by atoms with van der Waals surface area (Å²) in [7, 11) is -3.91. The highest BCUT2D eigenvalue weighted by Crippen LogP contribution is 2.25. The standard InChI is InChI=1S/C19H22N4O3S2/c1-13(2)11-23(12-17(24)22-19-21-10-14(3)27-19)28(25,26)16-8-4-6-15-7-5-9-20-18(15)16/h4-10,13H,11-12H2,1-3H3,(H,21,22,24). The fraction of sp³-hybridized carbons (Fsp3) is 0.316. The van der Waals surface area contributed by atoms with E-state index in [1.54, 1.807) is 24.5 Å². The quantitative estimate of drug-likeness (QED) is 0.636. The molecule has 148 valence electrons. The average Bonchev–Trinajstić information content (AvgIpc) is 3.04. The van der Waals surface area contributed by atoms with Crippen molar-refractivity contribution >= 4 is 43.3 Å². The maximum absolute atomic E-state index is 13.4. The van der Waals surface area contributed by atoms with Crippen molar-refractivity contribution in [3.8, 4) is 0 Å². The molecule has 0 unspecified atom stereocenters. The maximum Gasteiger partial charge on any atom is 0.245 e. The Morgan fingerprint density at radius 2 is 1.96 bits per heavy atom. The van der Waals surface area contributed by atoms with Crippen molar-refractivity contribution in [1.82, 2.24) is 14.3 Å². The Balaban J connectivity index is 1.92. The van der Waals surface area contributed by atoms with Gasteiger partial charge in [-0.05, 0) is 25.0 Å². The number of anilines is 1. The van der Waals surface area contributed by atoms with Crippen LogP contribution in [0.1, 0.15) is 18.7 Å². The van der Waals surface area contributed by atoms with Gasteiger partial charge in [0, 0.05) is 29.2 Å². The number of rotatable bonds is 7. The zero-order chi connectivity index (χ0) is 20.3. The first-order valence-electron chi connectivity index (χ1n) is 8.83. The third-order valence-corrected chi connectivity index (χ3v) is 6.64. The van der Waals surface area contributed by atoms with E-state index >= 15 is 0 Å². The first-order chi connectivity index (χ1) is 13.3. The van der Waals surface area contributed by atoms with Crippen LogP contribution in [0.5, 0.6) is 0 Å². The normalized spacial score (nSPS) is 12.0. The number of carbonyl (C=O) groups is 1. The van der Waals surface area contributed by atoms with Gasteiger partial charge in [-0.3, -0.25) is 9.78 Å². The fourth-order valence-corrected chi connectivity index (χ4v) is 5.22. The smallest absolute Gasteiger partial charge is 0.245 e. The van der Waals surface area contributed by atoms with E-state index in [2.05, 4.69) is 15.3 Å². The number of nitrogens with zero attached hydrogens (tertiary/aromatic N) is 3. The summed E-state index contributed by atoms with van der Waals surface area (Å²) in [6.07, 6.45) is 3.22. The molecule has 0 aliphatic carbocycles. The lowest BCUT2D eigenvalue weighted by atomic mass is 10.2. The summed E-state index contributed by atoms with van der Waals surface area (Å²) in [4.78, 5) is 21.9. The minimum atomic E-state index is -3.91. The Labute approximate surface area is 168 Å². The number of amides is 1. The highest BCUT2D eigenvalue weighted by molar-refractivity contribution is 7.89. The molecule has 2 heterocycles. The summed E-state index contributed by atoms with van der Waals surface area (Å²) >= 11 is 1.34. The first kappa shape index (κ1) is 20.4. The number of aryl methyl sites for hydroxylation is 1. The second-order valence-corrected chi connectivity index (χ2v) is 9.99. The number of pyridine rings is 1. The van der Waals surface area contributed by atoms with Crippen LogP contribution in [0.2, 0.25) is 0 Å². The molecule has 1 N–H and O–H groups in total. The topological polar surface area (TPSA) is 92.3 Å². The Kier molecular flexibility index (Phi) is 6.07. The van der Waals surface area contributed by atoms with Crippen LogP contribution >= 0.6 is 11.3 Å². The van der Waals surface area contributed by atoms with Gasteiger partial charge < -0.3 is 5.32 Å². The van der Waals surface area contributed by atoms with Crippen LogP contribution in [-0.4, -0.2) is 41.7 Å². The largest absolute Gasteiger partial charge is 0.301 e. The Morgan fingerprint density at radius 1 is 1.21 bits per heavy atom. The molecule has 9 heteroatoms. The Morgan fingerprint density at radius 3 is 2.64 bits per heavy atom. The Bertz CT molecular complexity index is 1090. The number of benzene rings is 1. The summed E-state index contributed by atoms with van der Waals surface area (Å²) in [5.74, 6) is -0.376. The minimum Gasteiger partial charge on any atom is -0.301 e. The summed E-state index contributed by atoms with van der Waals surface area (Å²) in [5.41, 5.74) is 0.398. The number of para-hydroxylation sites is 1. The van der Waals surface area contributed by atoms with Gasteiger partial charge in [-0.2, -0.15) is 4.31 Å². The highest BCUT2D eigenvalue weighted by atomic mass is 32.2. The number of hydrogen-bond donors (Lipinski definition) is 1. The molecule has 1 amide bonds. The van der Waals surface area contributed by atoms with Crippen molar-refractivity contribution in [1.29, 1.82) is 0 Å². The molecule has 0 aliphatic rings. The summed E-state index contributed by atoms with van der Waals surface area (Å²) in [5, 5.41) is 3.86. The number of hydrogen-bond acceptors (Lipinski definition) is 6. The zero-order valence-corrected chi connectivity index (χ0v) is 17.5. The second kappa shape index (κ2) is 8.34. The molecule has 0 bridgehead atoms. The van der Waals surface area contributed by atoms with E-state index in [0.717, 1.165) is 10.3 Å². The van der Waals surface area contributed by atoms with E-state index in [-0.39, 0.29) is 23.9 Å². The summed E-state index contributed by atoms with van der Waals surface area (Å²) in [6, 6.07) is 8.59. The van der Waals surface area contributed by atoms with Gasteiger partial charge in [0.05, 0.1) is 12.1 Å². The van der Waals surface area contributed by atoms with Crippen molar-refractivity contribution in [3.63, 3.8) is 0 Å². The molecule has 0 fully saturated rings. The molecule has 0 atom stereocenters. The second-order valence-electron chi connectivity index (χ2n) is 6.85. The minimum absolute atomic E-state index is 0.0487. The third-order valence-electron chi connectivity index (χ3n) is 3.97. The molecule has 1 aromatic carbocycles. The van der Waals surface area contributed by atoms with E-state index in [9.17, 15) is 13.2 Å². The van der Waals surface area contributed by atoms with Crippen LogP contribution in [0.4, 0.5) is 5.13 Å². The fourth-order valence-electron chi connectivity index (χ4n) is 2.81. The molecule has 0 saturated heterocycles. The molecule has 28 heavy (non-hydrogen) atoms. The van der Waals surface area contributed by atoms with E-state index in [0.29, 0.717) is 10.6 Å². The lowest BCUT2D eigenvalue weighted by Gasteiger charge is -2.23. The van der Waals surface area contributed by atoms with Crippen LogP contribution in [0, 0.1) is 12.8 Å². The van der Waals surface area contributed by atoms with Gasteiger partial charge in [0.15, 0.2) is 5.13 Å². The van der Waals surface area contributed by atoms with Crippen LogP contribution in [0.25, 0.3) is 10.9 Å². The van der Waals surface area contributed by atoms with Gasteiger partial charge in [0.1, 0.15) is 4.90 Å². The lowest BCUT2D eigenvalue weighted by Crippen LogP contribution is -2.40. The van der Waals surface area contributed by atoms with Crippen molar-refractivity contribution in [3.05, 3.63) is 47.6 Å². The van der Waals surface area contributed by atoms with Gasteiger partial charge in [-0.15, -0.1) is 11.3 Å². The monoisotopic (exact) mass is 418 g/mol. The van der Waals surface area contributed by atoms with Crippen LogP contribution in [-0.2, 0) is 14.8 Å². The van der Waals surface area contributed by atoms with Crippen molar-refractivity contribution in [2.45, 2.75) is 25.7 Å². The van der Waals surface area contributed by atoms with E-state index in [1.807, 2.05) is 32.9 Å². The van der Waals surface area contributed by atoms with Crippen LogP contribution in [0.3, 0.4) is 0 Å². The zero-order valence-electron chi connectivity index (χ0n) is 15.9. The number of carbonyl (C=O) groups excluding carboxylic acids is 1. The molecule has 0 aliphatic heterocycles. The van der Waals surface area contributed by atoms with Crippen molar-refractivity contribution in [2.24, 2.45) is 5.92 Å². The SMILES string of the molecule is Cc1cnc(NC(=O)CN(CC(C)C)S(=O)(=O)c2cccc3cccnc23)s1. The van der Waals surface area contributed by atoms with Gasteiger partial charge >= 0.3 is 0 Å². The lowest BCUT2D eigenvalue weighted by molar-refractivity contribution is -0.116. The average molecular weight is 419 g/mol. The predicted molar refractivity (Wildman–Crippen MR) is 111 cm³/mol. The summed E-state index contributed by atoms with van der Waals surface area (Å²) in [6.45, 7) is 5.63. The molecule has 3 rings (SSSR count). The van der Waals surface area contributed by atoms with Gasteiger partial charge in [-0.25, -0.2) is 13.4 Å². The van der Waals surface area contributed by atoms with Crippen LogP contribution < -0.4 is 5.32 Å². The highest BCUT2D eigenvalue weighted by Gasteiger charge is 2.29. The molecular weight excluding hydrogens is 396 g/mol. The number of thiazole rings is 1. The molecule has 7 nitrogen and oxygen atoms in total. The molecule has 0 radical (unpaired) electrons. The first-order valence-corrected chi connectivity index (χ1v) is 11.1. The van der Waals surface area contributed by atoms with Crippen molar-refractivity contribution in [2.75, 3.05) is 18.4 Å². The molecular formula is C19H22N4O3S2. The van der Waals surface area contributed by atoms with E-state index < -0.39 is 15.9 Å². The Hall–Kier alpha value is -2.36. The molecule has 3 aromatic rings. The van der Waals surface area contributed by atoms with Gasteiger partial charge in [0.2, 0.25) is 15.9 Å². The van der Waals surface area contributed by atoms with Crippen molar-refractivity contribution < 1.29 is 13.2 Å². The summed E-state index contributed by atoms with van der Waals surface area (Å²) < 4.78 is 27.9. The van der Waals surface area contributed by atoms with E-state index in [1.165, 1.54) is 21.7 Å². The van der Waals surface area contributed by atoms with Gasteiger partial charge in [-0.1, -0.05) is 32.0 Å². The number of aromatic nitrogens is 2. The maximum atomic E-state index is 13.4. The third kappa shape index (κ3) is 4.54. The number of nitrogens with one attached hydrogen (secondary N) is 1. The molecule has 2 aromatic heterocycles. The predicted octanol–water partition coefficient (Wildman–Crippen LogP) is 3.29. The number of fused-ring (bicyclic) bond motifs is 1. The van der Waals surface area contributed by atoms with Gasteiger partial charge in [0.25, 0.3) is 0 Å². The van der Waals surface area contributed by atoms with Crippen LogP contribution in [0.15, 0.2) is 47.6 Å². The molecule has 0 saturated carbocycles. The van der Waals surface area contributed by atoms with E-state index in [4.69, 9.17) is 0 Å².